The minimum absolute atomic E-state index is 0.0756. The summed E-state index contributed by atoms with van der Waals surface area (Å²) in [6.45, 7) is 0.862. The highest BCUT2D eigenvalue weighted by Gasteiger charge is 2.36. The number of carbonyl (C=O) groups is 1. The molecule has 1 amide bonds. The van der Waals surface area contributed by atoms with E-state index in [4.69, 9.17) is 17.3 Å². The van der Waals surface area contributed by atoms with E-state index in [1.54, 1.807) is 18.2 Å². The highest BCUT2D eigenvalue weighted by Crippen LogP contribution is 2.36. The lowest BCUT2D eigenvalue weighted by Gasteiger charge is -2.44. The number of hydrogen-bond acceptors (Lipinski definition) is 2. The first-order valence-electron chi connectivity index (χ1n) is 7.53. The van der Waals surface area contributed by atoms with Crippen LogP contribution in [0.2, 0.25) is 5.02 Å². The Morgan fingerprint density at radius 2 is 1.95 bits per heavy atom. The number of nitrogens with two attached hydrogens (primary N) is 1. The van der Waals surface area contributed by atoms with Crippen LogP contribution in [0.5, 0.6) is 0 Å². The van der Waals surface area contributed by atoms with Crippen LogP contribution in [0.15, 0.2) is 18.2 Å². The molecule has 1 aromatic rings. The molecule has 1 aliphatic carbocycles. The molecule has 1 aromatic carbocycles. The van der Waals surface area contributed by atoms with E-state index in [0.29, 0.717) is 28.2 Å². The SMILES string of the molecule is Nc1ccc(C(=O)N2CCC[C@H]3CCCC[C@@H]32)c(Cl)c1. The molecule has 2 fully saturated rings. The number of carbonyl (C=O) groups excluding carboxylic acids is 1. The Morgan fingerprint density at radius 1 is 1.20 bits per heavy atom. The van der Waals surface area contributed by atoms with Gasteiger partial charge >= 0.3 is 0 Å². The number of fused-ring (bicyclic) bond motifs is 1. The Hall–Kier alpha value is -1.22. The summed E-state index contributed by atoms with van der Waals surface area (Å²) in [7, 11) is 0. The number of nitrogens with zero attached hydrogens (tertiary/aromatic N) is 1. The predicted octanol–water partition coefficient (Wildman–Crippen LogP) is 3.72. The highest BCUT2D eigenvalue weighted by atomic mass is 35.5. The minimum Gasteiger partial charge on any atom is -0.399 e. The van der Waals surface area contributed by atoms with Crippen molar-refractivity contribution < 1.29 is 4.79 Å². The van der Waals surface area contributed by atoms with Crippen LogP contribution in [0, 0.1) is 5.92 Å². The van der Waals surface area contributed by atoms with Gasteiger partial charge in [-0.2, -0.15) is 0 Å². The first-order chi connectivity index (χ1) is 9.66. The molecule has 4 heteroatoms. The molecule has 1 saturated carbocycles. The Morgan fingerprint density at radius 3 is 2.75 bits per heavy atom. The van der Waals surface area contributed by atoms with Crippen molar-refractivity contribution in [3.05, 3.63) is 28.8 Å². The molecule has 0 aromatic heterocycles. The van der Waals surface area contributed by atoms with Gasteiger partial charge in [0, 0.05) is 18.3 Å². The molecule has 1 heterocycles. The van der Waals surface area contributed by atoms with Crippen molar-refractivity contribution >= 4 is 23.2 Å². The zero-order valence-electron chi connectivity index (χ0n) is 11.6. The Balaban J connectivity index is 1.85. The van der Waals surface area contributed by atoms with Crippen LogP contribution in [-0.4, -0.2) is 23.4 Å². The number of anilines is 1. The van der Waals surface area contributed by atoms with Crippen LogP contribution in [0.3, 0.4) is 0 Å². The van der Waals surface area contributed by atoms with Gasteiger partial charge in [0.05, 0.1) is 10.6 Å². The van der Waals surface area contributed by atoms with Crippen molar-refractivity contribution in [1.29, 1.82) is 0 Å². The smallest absolute Gasteiger partial charge is 0.255 e. The van der Waals surface area contributed by atoms with Gasteiger partial charge in [0.1, 0.15) is 0 Å². The lowest BCUT2D eigenvalue weighted by molar-refractivity contribution is 0.0391. The Labute approximate surface area is 125 Å². The van der Waals surface area contributed by atoms with Crippen LogP contribution >= 0.6 is 11.6 Å². The number of likely N-dealkylation sites (tertiary alicyclic amines) is 1. The third-order valence-electron chi connectivity index (χ3n) is 4.73. The van der Waals surface area contributed by atoms with E-state index in [1.165, 1.54) is 25.7 Å². The van der Waals surface area contributed by atoms with Crippen LogP contribution in [0.25, 0.3) is 0 Å². The first-order valence-corrected chi connectivity index (χ1v) is 7.90. The number of halogens is 1. The number of benzene rings is 1. The zero-order chi connectivity index (χ0) is 14.1. The molecule has 0 bridgehead atoms. The molecule has 3 nitrogen and oxygen atoms in total. The standard InChI is InChI=1S/C16H21ClN2O/c17-14-10-12(18)7-8-13(14)16(20)19-9-3-5-11-4-1-2-6-15(11)19/h7-8,10-11,15H,1-6,9,18H2/t11-,15+/m1/s1. The van der Waals surface area contributed by atoms with Crippen molar-refractivity contribution in [3.8, 4) is 0 Å². The van der Waals surface area contributed by atoms with Gasteiger partial charge in [0.15, 0.2) is 0 Å². The molecule has 0 spiro atoms. The quantitative estimate of drug-likeness (QED) is 0.802. The minimum atomic E-state index is 0.0756. The van der Waals surface area contributed by atoms with Gasteiger partial charge in [-0.3, -0.25) is 4.79 Å². The summed E-state index contributed by atoms with van der Waals surface area (Å²) >= 11 is 6.19. The fourth-order valence-corrected chi connectivity index (χ4v) is 4.01. The van der Waals surface area contributed by atoms with E-state index in [9.17, 15) is 4.79 Å². The highest BCUT2D eigenvalue weighted by molar-refractivity contribution is 6.34. The maximum absolute atomic E-state index is 12.8. The molecule has 1 saturated heterocycles. The van der Waals surface area contributed by atoms with E-state index in [1.807, 2.05) is 0 Å². The molecule has 0 radical (unpaired) electrons. The second-order valence-corrected chi connectivity index (χ2v) is 6.40. The average Bonchev–Trinajstić information content (AvgIpc) is 2.46. The molecule has 2 N–H and O–H groups in total. The van der Waals surface area contributed by atoms with Gasteiger partial charge in [-0.1, -0.05) is 24.4 Å². The van der Waals surface area contributed by atoms with Crippen LogP contribution in [0.1, 0.15) is 48.9 Å². The molecule has 0 unspecified atom stereocenters. The summed E-state index contributed by atoms with van der Waals surface area (Å²) in [6, 6.07) is 5.59. The topological polar surface area (TPSA) is 46.3 Å². The van der Waals surface area contributed by atoms with Gasteiger partial charge < -0.3 is 10.6 Å². The summed E-state index contributed by atoms with van der Waals surface area (Å²) in [5, 5.41) is 0.466. The van der Waals surface area contributed by atoms with Crippen molar-refractivity contribution in [2.24, 2.45) is 5.92 Å². The third-order valence-corrected chi connectivity index (χ3v) is 5.04. The molecular weight excluding hydrogens is 272 g/mol. The lowest BCUT2D eigenvalue weighted by atomic mass is 9.78. The summed E-state index contributed by atoms with van der Waals surface area (Å²) < 4.78 is 0. The molecular formula is C16H21ClN2O. The summed E-state index contributed by atoms with van der Waals surface area (Å²) in [4.78, 5) is 14.8. The van der Waals surface area contributed by atoms with Gasteiger partial charge in [-0.25, -0.2) is 0 Å². The van der Waals surface area contributed by atoms with Gasteiger partial charge in [-0.15, -0.1) is 0 Å². The van der Waals surface area contributed by atoms with Crippen molar-refractivity contribution in [2.45, 2.75) is 44.6 Å². The maximum atomic E-state index is 12.8. The van der Waals surface area contributed by atoms with Crippen LogP contribution < -0.4 is 5.73 Å². The fourth-order valence-electron chi connectivity index (χ4n) is 3.74. The zero-order valence-corrected chi connectivity index (χ0v) is 12.4. The molecule has 3 rings (SSSR count). The Kier molecular flexibility index (Phi) is 3.88. The first kappa shape index (κ1) is 13.7. The number of amides is 1. The molecule has 108 valence electrons. The van der Waals surface area contributed by atoms with Crippen molar-refractivity contribution in [3.63, 3.8) is 0 Å². The van der Waals surface area contributed by atoms with E-state index in [2.05, 4.69) is 4.90 Å². The number of piperidine rings is 1. The Bertz CT molecular complexity index is 515. The predicted molar refractivity (Wildman–Crippen MR) is 81.9 cm³/mol. The van der Waals surface area contributed by atoms with Crippen LogP contribution in [0.4, 0.5) is 5.69 Å². The summed E-state index contributed by atoms with van der Waals surface area (Å²) in [6.07, 6.45) is 7.34. The maximum Gasteiger partial charge on any atom is 0.255 e. The van der Waals surface area contributed by atoms with Gasteiger partial charge in [-0.05, 0) is 49.8 Å². The number of nitrogen functional groups attached to an aromatic ring is 1. The monoisotopic (exact) mass is 292 g/mol. The second kappa shape index (κ2) is 5.65. The summed E-state index contributed by atoms with van der Waals surface area (Å²) in [5.74, 6) is 0.764. The number of rotatable bonds is 1. The fraction of sp³-hybridized carbons (Fsp3) is 0.562. The average molecular weight is 293 g/mol. The van der Waals surface area contributed by atoms with Gasteiger partial charge in [0.2, 0.25) is 0 Å². The van der Waals surface area contributed by atoms with Gasteiger partial charge in [0.25, 0.3) is 5.91 Å². The largest absolute Gasteiger partial charge is 0.399 e. The van der Waals surface area contributed by atoms with E-state index in [0.717, 1.165) is 19.4 Å². The molecule has 2 aliphatic rings. The second-order valence-electron chi connectivity index (χ2n) is 5.99. The van der Waals surface area contributed by atoms with Crippen LogP contribution in [-0.2, 0) is 0 Å². The molecule has 1 aliphatic heterocycles. The molecule has 20 heavy (non-hydrogen) atoms. The van der Waals surface area contributed by atoms with Crippen molar-refractivity contribution in [2.75, 3.05) is 12.3 Å². The van der Waals surface area contributed by atoms with E-state index < -0.39 is 0 Å². The van der Waals surface area contributed by atoms with E-state index >= 15 is 0 Å². The van der Waals surface area contributed by atoms with Crippen molar-refractivity contribution in [1.82, 2.24) is 4.90 Å². The molecule has 2 atom stereocenters. The summed E-state index contributed by atoms with van der Waals surface area (Å²) in [5.41, 5.74) is 6.89. The third kappa shape index (κ3) is 2.51. The normalized spacial score (nSPS) is 26.1. The lowest BCUT2D eigenvalue weighted by Crippen LogP contribution is -2.49. The number of hydrogen-bond donors (Lipinski definition) is 1. The van der Waals surface area contributed by atoms with E-state index in [-0.39, 0.29) is 5.91 Å².